The summed E-state index contributed by atoms with van der Waals surface area (Å²) in [6.45, 7) is 2.14. The summed E-state index contributed by atoms with van der Waals surface area (Å²) >= 11 is 0. The first-order chi connectivity index (χ1) is 16.5. The summed E-state index contributed by atoms with van der Waals surface area (Å²) in [7, 11) is 0. The molecule has 0 saturated heterocycles. The van der Waals surface area contributed by atoms with Crippen LogP contribution in [0.2, 0.25) is 0 Å². The average molecular weight is 557 g/mol. The second kappa shape index (κ2) is 14.9. The van der Waals surface area contributed by atoms with Crippen LogP contribution in [-0.2, 0) is 14.3 Å². The SMILES string of the molecule is CCCCCC1CCC(C(=O)OC2CC(F)C(C(F)(F)OC3CC(F)C(F)C(F)C3)C(F)C2)CC1.O.O.[HH]. The number of carbonyl (C=O) groups excluding carboxylic acids is 1. The van der Waals surface area contributed by atoms with Crippen LogP contribution in [0, 0.1) is 17.8 Å². The van der Waals surface area contributed by atoms with Gasteiger partial charge in [0, 0.05) is 27.1 Å². The van der Waals surface area contributed by atoms with Crippen LogP contribution >= 0.6 is 0 Å². The highest BCUT2D eigenvalue weighted by atomic mass is 19.3. The molecule has 0 bridgehead atoms. The van der Waals surface area contributed by atoms with Crippen molar-refractivity contribution in [2.45, 2.75) is 133 Å². The highest BCUT2D eigenvalue weighted by molar-refractivity contribution is 5.72. The number of alkyl halides is 7. The average Bonchev–Trinajstić information content (AvgIpc) is 2.77. The van der Waals surface area contributed by atoms with E-state index in [2.05, 4.69) is 11.7 Å². The first-order valence-corrected chi connectivity index (χ1v) is 13.0. The second-order valence-corrected chi connectivity index (χ2v) is 10.6. The smallest absolute Gasteiger partial charge is 0.364 e. The van der Waals surface area contributed by atoms with E-state index in [9.17, 15) is 35.5 Å². The van der Waals surface area contributed by atoms with Gasteiger partial charge in [-0.3, -0.25) is 4.79 Å². The van der Waals surface area contributed by atoms with Gasteiger partial charge < -0.3 is 20.4 Å². The standard InChI is InChI=1S/C25H37F7O3.2H2O.H2/c1-2-3-4-5-14-6-8-15(9-7-14)24(33)34-16-10-18(26)22(19(27)11-16)25(31,32)35-17-12-20(28)23(30)21(29)13-17;;;/h14-23H,2-13H2,1H3;2*1H2;1H. The van der Waals surface area contributed by atoms with Crippen LogP contribution in [0.3, 0.4) is 0 Å². The first kappa shape index (κ1) is 33.9. The molecule has 5 nitrogen and oxygen atoms in total. The molecule has 4 N–H and O–H groups in total. The lowest BCUT2D eigenvalue weighted by molar-refractivity contribution is -0.323. The number of rotatable bonds is 9. The minimum absolute atomic E-state index is 0. The quantitative estimate of drug-likeness (QED) is 0.205. The minimum Gasteiger partial charge on any atom is -0.462 e. The first-order valence-electron chi connectivity index (χ1n) is 13.0. The topological polar surface area (TPSA) is 98.5 Å². The molecule has 0 radical (unpaired) electrons. The van der Waals surface area contributed by atoms with Crippen molar-refractivity contribution < 1.29 is 57.4 Å². The third-order valence-corrected chi connectivity index (χ3v) is 7.81. The molecule has 3 aliphatic rings. The molecule has 0 heterocycles. The molecule has 3 saturated carbocycles. The van der Waals surface area contributed by atoms with Crippen molar-refractivity contribution in [2.75, 3.05) is 0 Å². The zero-order chi connectivity index (χ0) is 25.8. The van der Waals surface area contributed by atoms with E-state index in [-0.39, 0.29) is 18.3 Å². The van der Waals surface area contributed by atoms with Crippen LogP contribution in [0.1, 0.15) is 85.4 Å². The van der Waals surface area contributed by atoms with E-state index in [1.165, 1.54) is 6.42 Å². The molecule has 4 unspecified atom stereocenters. The lowest BCUT2D eigenvalue weighted by Crippen LogP contribution is -2.52. The van der Waals surface area contributed by atoms with Crippen molar-refractivity contribution in [2.24, 2.45) is 17.8 Å². The summed E-state index contributed by atoms with van der Waals surface area (Å²) in [6, 6.07) is 0. The molecule has 4 atom stereocenters. The van der Waals surface area contributed by atoms with Gasteiger partial charge in [0.1, 0.15) is 36.7 Å². The van der Waals surface area contributed by atoms with Gasteiger partial charge in [-0.2, -0.15) is 8.78 Å². The van der Waals surface area contributed by atoms with E-state index < -0.39 is 86.7 Å². The number of ether oxygens (including phenoxy) is 2. The van der Waals surface area contributed by atoms with Crippen molar-refractivity contribution in [3.63, 3.8) is 0 Å². The lowest BCUT2D eigenvalue weighted by atomic mass is 9.79. The molecule has 0 aromatic rings. The summed E-state index contributed by atoms with van der Waals surface area (Å²) in [5.74, 6) is -2.85. The van der Waals surface area contributed by atoms with Crippen molar-refractivity contribution >= 4 is 5.97 Å². The van der Waals surface area contributed by atoms with Gasteiger partial charge in [-0.15, -0.1) is 0 Å². The number of hydrogen-bond donors (Lipinski definition) is 0. The molecule has 3 aliphatic carbocycles. The fraction of sp³-hybridized carbons (Fsp3) is 0.960. The highest BCUT2D eigenvalue weighted by Crippen LogP contribution is 2.44. The van der Waals surface area contributed by atoms with Crippen molar-refractivity contribution in [3.8, 4) is 0 Å². The maximum absolute atomic E-state index is 14.7. The van der Waals surface area contributed by atoms with E-state index in [1.54, 1.807) is 0 Å². The van der Waals surface area contributed by atoms with Crippen molar-refractivity contribution in [1.29, 1.82) is 0 Å². The van der Waals surface area contributed by atoms with Crippen molar-refractivity contribution in [1.82, 2.24) is 0 Å². The molecule has 0 aromatic carbocycles. The number of unbranched alkanes of at least 4 members (excludes halogenated alkanes) is 2. The molecule has 0 amide bonds. The van der Waals surface area contributed by atoms with E-state index in [0.29, 0.717) is 18.8 Å². The molecule has 3 rings (SSSR count). The number of carbonyl (C=O) groups is 1. The Kier molecular flexibility index (Phi) is 13.6. The van der Waals surface area contributed by atoms with Crippen LogP contribution < -0.4 is 0 Å². The molecule has 222 valence electrons. The van der Waals surface area contributed by atoms with E-state index in [1.807, 2.05) is 0 Å². The zero-order valence-electron chi connectivity index (χ0n) is 21.1. The van der Waals surface area contributed by atoms with Gasteiger partial charge in [0.2, 0.25) is 0 Å². The van der Waals surface area contributed by atoms with Crippen LogP contribution in [0.15, 0.2) is 0 Å². The van der Waals surface area contributed by atoms with Gasteiger partial charge in [-0.05, 0) is 31.6 Å². The Morgan fingerprint density at radius 3 is 1.84 bits per heavy atom. The maximum Gasteiger partial charge on any atom is 0.364 e. The van der Waals surface area contributed by atoms with E-state index >= 15 is 0 Å². The fourth-order valence-electron chi connectivity index (χ4n) is 5.75. The van der Waals surface area contributed by atoms with Crippen LogP contribution in [-0.4, -0.2) is 66.1 Å². The number of esters is 1. The van der Waals surface area contributed by atoms with Gasteiger partial charge >= 0.3 is 12.1 Å². The van der Waals surface area contributed by atoms with Gasteiger partial charge in [0.05, 0.1) is 12.0 Å². The van der Waals surface area contributed by atoms with E-state index in [4.69, 9.17) is 4.74 Å². The Morgan fingerprint density at radius 2 is 1.32 bits per heavy atom. The number of halogens is 7. The molecule has 0 spiro atoms. The molecule has 0 aromatic heterocycles. The summed E-state index contributed by atoms with van der Waals surface area (Å²) in [5, 5.41) is 0. The predicted octanol–water partition coefficient (Wildman–Crippen LogP) is 5.75. The normalized spacial score (nSPS) is 38.7. The fourth-order valence-corrected chi connectivity index (χ4v) is 5.75. The van der Waals surface area contributed by atoms with Gasteiger partial charge in [0.15, 0.2) is 6.17 Å². The summed E-state index contributed by atoms with van der Waals surface area (Å²) in [6.07, 6.45) is -14.3. The largest absolute Gasteiger partial charge is 0.462 e. The Morgan fingerprint density at radius 1 is 0.811 bits per heavy atom. The van der Waals surface area contributed by atoms with E-state index in [0.717, 1.165) is 32.1 Å². The number of hydrogen-bond acceptors (Lipinski definition) is 3. The van der Waals surface area contributed by atoms with Crippen molar-refractivity contribution in [3.05, 3.63) is 0 Å². The highest BCUT2D eigenvalue weighted by Gasteiger charge is 2.56. The van der Waals surface area contributed by atoms with Gasteiger partial charge in [-0.25, -0.2) is 22.0 Å². The summed E-state index contributed by atoms with van der Waals surface area (Å²) in [4.78, 5) is 12.5. The summed E-state index contributed by atoms with van der Waals surface area (Å²) < 4.78 is 109. The Hall–Kier alpha value is -1.14. The molecule has 12 heteroatoms. The van der Waals surface area contributed by atoms with Crippen LogP contribution in [0.25, 0.3) is 0 Å². The Balaban J connectivity index is 0.00000456. The minimum atomic E-state index is -4.35. The molecule has 37 heavy (non-hydrogen) atoms. The zero-order valence-corrected chi connectivity index (χ0v) is 21.1. The van der Waals surface area contributed by atoms with Gasteiger partial charge in [-0.1, -0.05) is 32.6 Å². The summed E-state index contributed by atoms with van der Waals surface area (Å²) in [5.41, 5.74) is 0. The van der Waals surface area contributed by atoms with Crippen LogP contribution in [0.5, 0.6) is 0 Å². The Labute approximate surface area is 214 Å². The third-order valence-electron chi connectivity index (χ3n) is 7.81. The lowest BCUT2D eigenvalue weighted by Gasteiger charge is -2.40. The molecule has 3 fully saturated rings. The second-order valence-electron chi connectivity index (χ2n) is 10.6. The monoisotopic (exact) mass is 556 g/mol. The maximum atomic E-state index is 14.7. The predicted molar refractivity (Wildman–Crippen MR) is 125 cm³/mol. The van der Waals surface area contributed by atoms with Gasteiger partial charge in [0.25, 0.3) is 0 Å². The molecular weight excluding hydrogens is 513 g/mol. The molecule has 0 aliphatic heterocycles. The van der Waals surface area contributed by atoms with Crippen LogP contribution in [0.4, 0.5) is 30.7 Å². The Bertz CT molecular complexity index is 662. The molecular formula is C25H43F7O5. The third kappa shape index (κ3) is 8.95.